The van der Waals surface area contributed by atoms with Crippen LogP contribution in [0.2, 0.25) is 0 Å². The summed E-state index contributed by atoms with van der Waals surface area (Å²) in [6.07, 6.45) is 1.72. The van der Waals surface area contributed by atoms with E-state index in [2.05, 4.69) is 20.9 Å². The largest absolute Gasteiger partial charge is 0.375 e. The molecule has 4 nitrogen and oxygen atoms in total. The van der Waals surface area contributed by atoms with E-state index in [-0.39, 0.29) is 5.82 Å². The highest BCUT2D eigenvalue weighted by Crippen LogP contribution is 2.39. The Bertz CT molecular complexity index is 837. The van der Waals surface area contributed by atoms with Gasteiger partial charge in [0.15, 0.2) is 0 Å². The van der Waals surface area contributed by atoms with Gasteiger partial charge in [-0.1, -0.05) is 34.1 Å². The van der Waals surface area contributed by atoms with Crippen molar-refractivity contribution >= 4 is 28.0 Å². The van der Waals surface area contributed by atoms with Crippen molar-refractivity contribution in [2.75, 3.05) is 26.8 Å². The van der Waals surface area contributed by atoms with Crippen molar-refractivity contribution in [3.63, 3.8) is 0 Å². The molecule has 3 rings (SSSR count). The van der Waals surface area contributed by atoms with Crippen LogP contribution in [0.25, 0.3) is 0 Å². The molecule has 2 aromatic rings. The van der Waals surface area contributed by atoms with Crippen LogP contribution in [0.3, 0.4) is 0 Å². The molecule has 27 heavy (non-hydrogen) atoms. The topological polar surface area (TPSA) is 34.1 Å². The van der Waals surface area contributed by atoms with Gasteiger partial charge in [0.1, 0.15) is 11.4 Å². The van der Waals surface area contributed by atoms with Crippen molar-refractivity contribution in [3.8, 4) is 0 Å². The Kier molecular flexibility index (Phi) is 6.29. The van der Waals surface area contributed by atoms with Crippen molar-refractivity contribution in [2.45, 2.75) is 26.1 Å². The second-order valence-corrected chi connectivity index (χ2v) is 7.66. The molecule has 6 heteroatoms. The maximum atomic E-state index is 14.9. The molecule has 0 N–H and O–H groups in total. The van der Waals surface area contributed by atoms with Crippen LogP contribution >= 0.6 is 15.9 Å². The lowest BCUT2D eigenvalue weighted by Crippen LogP contribution is -2.49. The number of aliphatic imine (C=N–C) groups is 1. The van der Waals surface area contributed by atoms with E-state index in [1.807, 2.05) is 56.1 Å². The fourth-order valence-corrected chi connectivity index (χ4v) is 3.24. The van der Waals surface area contributed by atoms with Crippen LogP contribution in [0.4, 0.5) is 10.1 Å². The summed E-state index contributed by atoms with van der Waals surface area (Å²) in [5.41, 5.74) is 2.32. The van der Waals surface area contributed by atoms with Crippen molar-refractivity contribution in [3.05, 3.63) is 63.4 Å². The molecule has 1 aliphatic heterocycles. The highest BCUT2D eigenvalue weighted by Gasteiger charge is 2.44. The molecule has 0 atom stereocenters. The van der Waals surface area contributed by atoms with E-state index < -0.39 is 5.60 Å². The maximum absolute atomic E-state index is 14.9. The molecule has 1 fully saturated rings. The lowest BCUT2D eigenvalue weighted by Gasteiger charge is -2.42. The van der Waals surface area contributed by atoms with Gasteiger partial charge in [-0.2, -0.15) is 0 Å². The smallest absolute Gasteiger partial charge is 0.143 e. The molecule has 2 aromatic carbocycles. The van der Waals surface area contributed by atoms with E-state index in [0.717, 1.165) is 22.1 Å². The minimum absolute atomic E-state index is 0.317. The molecule has 0 radical (unpaired) electrons. The average Bonchev–Trinajstić information content (AvgIpc) is 2.63. The molecule has 0 saturated carbocycles. The summed E-state index contributed by atoms with van der Waals surface area (Å²) in [6.45, 7) is 5.87. The van der Waals surface area contributed by atoms with Crippen LogP contribution in [-0.2, 0) is 21.7 Å². The van der Waals surface area contributed by atoms with E-state index >= 15 is 0 Å². The van der Waals surface area contributed by atoms with Crippen LogP contribution in [0.5, 0.6) is 0 Å². The molecule has 1 heterocycles. The molecule has 0 unspecified atom stereocenters. The summed E-state index contributed by atoms with van der Waals surface area (Å²) in [6, 6.07) is 11.2. The van der Waals surface area contributed by atoms with Gasteiger partial charge in [0.2, 0.25) is 0 Å². The minimum Gasteiger partial charge on any atom is -0.375 e. The second-order valence-electron chi connectivity index (χ2n) is 6.80. The zero-order valence-corrected chi connectivity index (χ0v) is 17.4. The number of rotatable bonds is 7. The standard InChI is InChI=1S/C21H24BrFN2O2/c1-4-25(3)14-24-20-10-19(23)17(9-15(20)2)21(12-26-13-21)27-11-16-7-5-6-8-18(16)22/h5-10,14H,4,11-13H2,1-3H3. The van der Waals surface area contributed by atoms with Crippen LogP contribution < -0.4 is 0 Å². The van der Waals surface area contributed by atoms with Crippen molar-refractivity contribution in [1.82, 2.24) is 4.90 Å². The summed E-state index contributed by atoms with van der Waals surface area (Å²) < 4.78 is 27.5. The fraction of sp³-hybridized carbons (Fsp3) is 0.381. The third kappa shape index (κ3) is 4.39. The molecule has 0 aromatic heterocycles. The van der Waals surface area contributed by atoms with E-state index in [0.29, 0.717) is 31.1 Å². The van der Waals surface area contributed by atoms with E-state index in [1.54, 1.807) is 6.34 Å². The molecular weight excluding hydrogens is 411 g/mol. The monoisotopic (exact) mass is 434 g/mol. The average molecular weight is 435 g/mol. The molecule has 0 amide bonds. The predicted octanol–water partition coefficient (Wildman–Crippen LogP) is 4.95. The Labute approximate surface area is 168 Å². The Hall–Kier alpha value is -1.76. The normalized spacial score (nSPS) is 15.7. The lowest BCUT2D eigenvalue weighted by molar-refractivity contribution is -0.224. The first-order valence-electron chi connectivity index (χ1n) is 8.95. The zero-order valence-electron chi connectivity index (χ0n) is 15.8. The third-order valence-electron chi connectivity index (χ3n) is 4.80. The van der Waals surface area contributed by atoms with Crippen molar-refractivity contribution in [2.24, 2.45) is 4.99 Å². The third-order valence-corrected chi connectivity index (χ3v) is 5.58. The molecule has 144 valence electrons. The fourth-order valence-electron chi connectivity index (χ4n) is 2.84. The van der Waals surface area contributed by atoms with Gasteiger partial charge in [-0.05, 0) is 37.1 Å². The van der Waals surface area contributed by atoms with Crippen molar-refractivity contribution in [1.29, 1.82) is 0 Å². The van der Waals surface area contributed by atoms with E-state index in [1.165, 1.54) is 6.07 Å². The van der Waals surface area contributed by atoms with Gasteiger partial charge < -0.3 is 14.4 Å². The van der Waals surface area contributed by atoms with Gasteiger partial charge in [0.05, 0.1) is 31.8 Å². The highest BCUT2D eigenvalue weighted by atomic mass is 79.9. The summed E-state index contributed by atoms with van der Waals surface area (Å²) in [5.74, 6) is -0.317. The number of benzene rings is 2. The first-order chi connectivity index (χ1) is 12.9. The summed E-state index contributed by atoms with van der Waals surface area (Å²) in [5, 5.41) is 0. The van der Waals surface area contributed by atoms with Gasteiger partial charge >= 0.3 is 0 Å². The number of hydrogen-bond acceptors (Lipinski definition) is 3. The Balaban J connectivity index is 1.83. The number of aryl methyl sites for hydroxylation is 1. The van der Waals surface area contributed by atoms with Gasteiger partial charge in [-0.25, -0.2) is 9.38 Å². The summed E-state index contributed by atoms with van der Waals surface area (Å²) in [7, 11) is 1.93. The molecule has 0 bridgehead atoms. The summed E-state index contributed by atoms with van der Waals surface area (Å²) >= 11 is 3.53. The predicted molar refractivity (Wildman–Crippen MR) is 109 cm³/mol. The van der Waals surface area contributed by atoms with Crippen LogP contribution in [0.15, 0.2) is 45.9 Å². The molecule has 0 spiro atoms. The second kappa shape index (κ2) is 8.50. The Morgan fingerprint density at radius 1 is 1.33 bits per heavy atom. The van der Waals surface area contributed by atoms with Gasteiger partial charge in [0, 0.05) is 29.7 Å². The van der Waals surface area contributed by atoms with Gasteiger partial charge in [-0.15, -0.1) is 0 Å². The minimum atomic E-state index is -0.757. The van der Waals surface area contributed by atoms with Gasteiger partial charge in [-0.3, -0.25) is 0 Å². The number of nitrogens with zero attached hydrogens (tertiary/aromatic N) is 2. The number of halogens is 2. The van der Waals surface area contributed by atoms with Crippen LogP contribution in [0.1, 0.15) is 23.6 Å². The van der Waals surface area contributed by atoms with Crippen molar-refractivity contribution < 1.29 is 13.9 Å². The lowest BCUT2D eigenvalue weighted by atomic mass is 9.89. The quantitative estimate of drug-likeness (QED) is 0.456. The first kappa shape index (κ1) is 20.0. The molecular formula is C21H24BrFN2O2. The number of hydrogen-bond donors (Lipinski definition) is 0. The highest BCUT2D eigenvalue weighted by molar-refractivity contribution is 9.10. The van der Waals surface area contributed by atoms with E-state index in [4.69, 9.17) is 9.47 Å². The molecule has 1 aliphatic rings. The molecule has 1 saturated heterocycles. The summed E-state index contributed by atoms with van der Waals surface area (Å²) in [4.78, 5) is 6.33. The molecule has 0 aliphatic carbocycles. The Morgan fingerprint density at radius 3 is 2.70 bits per heavy atom. The van der Waals surface area contributed by atoms with Crippen LogP contribution in [-0.4, -0.2) is 38.0 Å². The van der Waals surface area contributed by atoms with Crippen LogP contribution in [0, 0.1) is 12.7 Å². The maximum Gasteiger partial charge on any atom is 0.143 e. The van der Waals surface area contributed by atoms with E-state index in [9.17, 15) is 4.39 Å². The first-order valence-corrected chi connectivity index (χ1v) is 9.74. The number of ether oxygens (including phenoxy) is 2. The SMILES string of the molecule is CCN(C)C=Nc1cc(F)c(C2(OCc3ccccc3Br)COC2)cc1C. The van der Waals surface area contributed by atoms with Gasteiger partial charge in [0.25, 0.3) is 0 Å². The zero-order chi connectivity index (χ0) is 19.4. The Morgan fingerprint density at radius 2 is 2.07 bits per heavy atom.